The van der Waals surface area contributed by atoms with E-state index in [1.807, 2.05) is 13.8 Å². The van der Waals surface area contributed by atoms with Crippen LogP contribution in [0.3, 0.4) is 0 Å². The van der Waals surface area contributed by atoms with Gasteiger partial charge in [0.05, 0.1) is 5.92 Å². The molecule has 1 aliphatic rings. The van der Waals surface area contributed by atoms with Gasteiger partial charge in [-0.2, -0.15) is 0 Å². The number of carbonyl (C=O) groups is 3. The molecule has 0 spiro atoms. The van der Waals surface area contributed by atoms with Crippen LogP contribution in [0.1, 0.15) is 34.1 Å². The lowest BCUT2D eigenvalue weighted by Gasteiger charge is -2.06. The number of ketones is 3. The van der Waals surface area contributed by atoms with Gasteiger partial charge >= 0.3 is 0 Å². The molecular formula is C14H18O4. The quantitative estimate of drug-likeness (QED) is 0.471. The Labute approximate surface area is 106 Å². The first-order chi connectivity index (χ1) is 8.27. The summed E-state index contributed by atoms with van der Waals surface area (Å²) in [6.45, 7) is 6.97. The molecule has 0 aromatic carbocycles. The monoisotopic (exact) mass is 250 g/mol. The van der Waals surface area contributed by atoms with Crippen molar-refractivity contribution in [3.63, 3.8) is 0 Å². The fraction of sp³-hybridized carbons (Fsp3) is 0.500. The van der Waals surface area contributed by atoms with Crippen molar-refractivity contribution in [3.05, 3.63) is 23.0 Å². The lowest BCUT2D eigenvalue weighted by Crippen LogP contribution is -2.21. The summed E-state index contributed by atoms with van der Waals surface area (Å²) in [6.07, 6.45) is 2.00. The first kappa shape index (κ1) is 14.4. The summed E-state index contributed by atoms with van der Waals surface area (Å²) >= 11 is 0. The van der Waals surface area contributed by atoms with Crippen molar-refractivity contribution in [1.82, 2.24) is 0 Å². The Morgan fingerprint density at radius 3 is 2.28 bits per heavy atom. The van der Waals surface area contributed by atoms with E-state index in [0.717, 1.165) is 5.57 Å². The van der Waals surface area contributed by atoms with Crippen LogP contribution in [0.5, 0.6) is 0 Å². The van der Waals surface area contributed by atoms with Gasteiger partial charge in [0.15, 0.2) is 17.3 Å². The number of Topliss-reactive ketones (excluding diaryl/α,β-unsaturated/α-hetero) is 3. The molecule has 1 aliphatic carbocycles. The van der Waals surface area contributed by atoms with E-state index in [-0.39, 0.29) is 12.0 Å². The summed E-state index contributed by atoms with van der Waals surface area (Å²) < 4.78 is 0. The van der Waals surface area contributed by atoms with E-state index in [1.54, 1.807) is 19.9 Å². The van der Waals surface area contributed by atoms with Gasteiger partial charge < -0.3 is 5.11 Å². The number of hydrogen-bond acceptors (Lipinski definition) is 4. The highest BCUT2D eigenvalue weighted by molar-refractivity contribution is 6.35. The lowest BCUT2D eigenvalue weighted by atomic mass is 9.94. The molecule has 0 amide bonds. The molecule has 18 heavy (non-hydrogen) atoms. The van der Waals surface area contributed by atoms with Gasteiger partial charge in [-0.3, -0.25) is 14.4 Å². The third-order valence-electron chi connectivity index (χ3n) is 2.88. The highest BCUT2D eigenvalue weighted by Crippen LogP contribution is 2.28. The minimum absolute atomic E-state index is 0.235. The summed E-state index contributed by atoms with van der Waals surface area (Å²) in [6, 6.07) is 0. The van der Waals surface area contributed by atoms with Crippen LogP contribution in [-0.2, 0) is 14.4 Å². The Bertz CT molecular complexity index is 462. The summed E-state index contributed by atoms with van der Waals surface area (Å²) in [5, 5.41) is 9.65. The number of allylic oxidation sites excluding steroid dienone is 4. The highest BCUT2D eigenvalue weighted by Gasteiger charge is 2.43. The molecule has 0 saturated heterocycles. The molecule has 1 N–H and O–H groups in total. The fourth-order valence-electron chi connectivity index (χ4n) is 1.79. The zero-order valence-electron chi connectivity index (χ0n) is 11.1. The molecule has 0 bridgehead atoms. The summed E-state index contributed by atoms with van der Waals surface area (Å²) in [4.78, 5) is 35.5. The number of aliphatic hydroxyl groups excluding tert-OH is 1. The van der Waals surface area contributed by atoms with Crippen LogP contribution < -0.4 is 0 Å². The standard InChI is InChI=1S/C14H18O4/c1-7(2)5-6-9-12(16)10(11(15)8(3)4)14(18)13(9)17/h5,8-9,18H,6H2,1-4H3/t9-/m1/s1. The van der Waals surface area contributed by atoms with Gasteiger partial charge in [-0.05, 0) is 20.3 Å². The summed E-state index contributed by atoms with van der Waals surface area (Å²) in [5.41, 5.74) is 0.667. The SMILES string of the molecule is CC(C)=CC[C@H]1C(=O)C(O)=C(C(=O)C(C)C)C1=O. The summed E-state index contributed by atoms with van der Waals surface area (Å²) in [5.74, 6) is -3.66. The van der Waals surface area contributed by atoms with E-state index < -0.39 is 34.9 Å². The maximum absolute atomic E-state index is 12.0. The molecule has 4 nitrogen and oxygen atoms in total. The van der Waals surface area contributed by atoms with Gasteiger partial charge in [-0.1, -0.05) is 25.5 Å². The van der Waals surface area contributed by atoms with Crippen LogP contribution >= 0.6 is 0 Å². The maximum atomic E-state index is 12.0. The molecule has 0 saturated carbocycles. The fourth-order valence-corrected chi connectivity index (χ4v) is 1.79. The molecule has 0 radical (unpaired) electrons. The third-order valence-corrected chi connectivity index (χ3v) is 2.88. The smallest absolute Gasteiger partial charge is 0.209 e. The number of carbonyl (C=O) groups excluding carboxylic acids is 3. The van der Waals surface area contributed by atoms with Gasteiger partial charge in [0.25, 0.3) is 0 Å². The average Bonchev–Trinajstić information content (AvgIpc) is 2.47. The van der Waals surface area contributed by atoms with Crippen molar-refractivity contribution in [2.75, 3.05) is 0 Å². The Morgan fingerprint density at radius 2 is 1.83 bits per heavy atom. The van der Waals surface area contributed by atoms with Crippen LogP contribution in [0.4, 0.5) is 0 Å². The van der Waals surface area contributed by atoms with Gasteiger partial charge in [-0.25, -0.2) is 0 Å². The van der Waals surface area contributed by atoms with E-state index >= 15 is 0 Å². The molecule has 0 heterocycles. The Balaban J connectivity index is 3.03. The van der Waals surface area contributed by atoms with E-state index in [1.165, 1.54) is 0 Å². The van der Waals surface area contributed by atoms with Gasteiger partial charge in [0, 0.05) is 5.92 Å². The van der Waals surface area contributed by atoms with Gasteiger partial charge in [-0.15, -0.1) is 0 Å². The topological polar surface area (TPSA) is 71.4 Å². The van der Waals surface area contributed by atoms with Crippen LogP contribution in [0.25, 0.3) is 0 Å². The van der Waals surface area contributed by atoms with E-state index in [2.05, 4.69) is 0 Å². The van der Waals surface area contributed by atoms with Crippen molar-refractivity contribution >= 4 is 17.3 Å². The normalized spacial score (nSPS) is 19.7. The zero-order valence-corrected chi connectivity index (χ0v) is 11.1. The first-order valence-corrected chi connectivity index (χ1v) is 5.96. The van der Waals surface area contributed by atoms with Crippen molar-refractivity contribution in [3.8, 4) is 0 Å². The minimum Gasteiger partial charge on any atom is -0.504 e. The van der Waals surface area contributed by atoms with Crippen molar-refractivity contribution in [1.29, 1.82) is 0 Å². The Morgan fingerprint density at radius 1 is 1.28 bits per heavy atom. The summed E-state index contributed by atoms with van der Waals surface area (Å²) in [7, 11) is 0. The van der Waals surface area contributed by atoms with Gasteiger partial charge in [0.2, 0.25) is 5.78 Å². The van der Waals surface area contributed by atoms with Crippen molar-refractivity contribution < 1.29 is 19.5 Å². The maximum Gasteiger partial charge on any atom is 0.209 e. The molecule has 1 atom stereocenters. The second-order valence-corrected chi connectivity index (χ2v) is 5.04. The molecule has 0 aromatic heterocycles. The van der Waals surface area contributed by atoms with Crippen LogP contribution in [0.2, 0.25) is 0 Å². The van der Waals surface area contributed by atoms with E-state index in [9.17, 15) is 19.5 Å². The molecule has 0 aromatic rings. The molecular weight excluding hydrogens is 232 g/mol. The van der Waals surface area contributed by atoms with Crippen molar-refractivity contribution in [2.45, 2.75) is 34.1 Å². The second kappa shape index (κ2) is 5.29. The number of rotatable bonds is 4. The molecule has 1 rings (SSSR count). The minimum atomic E-state index is -0.933. The van der Waals surface area contributed by atoms with Gasteiger partial charge in [0.1, 0.15) is 5.57 Å². The molecule has 98 valence electrons. The second-order valence-electron chi connectivity index (χ2n) is 5.04. The molecule has 0 fully saturated rings. The zero-order chi connectivity index (χ0) is 14.0. The first-order valence-electron chi connectivity index (χ1n) is 5.96. The van der Waals surface area contributed by atoms with E-state index in [0.29, 0.717) is 0 Å². The molecule has 0 aliphatic heterocycles. The number of aliphatic hydroxyl groups is 1. The molecule has 0 unspecified atom stereocenters. The Kier molecular flexibility index (Phi) is 4.22. The van der Waals surface area contributed by atoms with Crippen molar-refractivity contribution in [2.24, 2.45) is 11.8 Å². The predicted molar refractivity (Wildman–Crippen MR) is 67.1 cm³/mol. The predicted octanol–water partition coefficient (Wildman–Crippen LogP) is 2.15. The molecule has 4 heteroatoms. The van der Waals surface area contributed by atoms with Crippen LogP contribution in [0, 0.1) is 11.8 Å². The third kappa shape index (κ3) is 2.58. The van der Waals surface area contributed by atoms with E-state index in [4.69, 9.17) is 0 Å². The highest BCUT2D eigenvalue weighted by atomic mass is 16.3. The average molecular weight is 250 g/mol. The van der Waals surface area contributed by atoms with Crippen LogP contribution in [-0.4, -0.2) is 22.5 Å². The lowest BCUT2D eigenvalue weighted by molar-refractivity contribution is -0.127. The largest absolute Gasteiger partial charge is 0.504 e. The van der Waals surface area contributed by atoms with Crippen LogP contribution in [0.15, 0.2) is 23.0 Å². The number of hydrogen-bond donors (Lipinski definition) is 1. The Hall–Kier alpha value is -1.71.